The Labute approximate surface area is 276 Å². The number of hydrogen-bond acceptors (Lipinski definition) is 1. The van der Waals surface area contributed by atoms with E-state index in [0.717, 1.165) is 5.69 Å². The molecule has 222 valence electrons. The van der Waals surface area contributed by atoms with Gasteiger partial charge in [0.1, 0.15) is 0 Å². The Hall–Kier alpha value is -6.45. The molecule has 7 aromatic carbocycles. The second-order valence-electron chi connectivity index (χ2n) is 12.8. The molecule has 0 aliphatic heterocycles. The summed E-state index contributed by atoms with van der Waals surface area (Å²) in [6, 6.07) is 57.5. The summed E-state index contributed by atoms with van der Waals surface area (Å²) in [7, 11) is 0. The third-order valence-corrected chi connectivity index (χ3v) is 10.3. The van der Waals surface area contributed by atoms with Crippen molar-refractivity contribution in [3.63, 3.8) is 0 Å². The number of nitrogens with zero attached hydrogens (tertiary/aromatic N) is 3. The molecule has 11 rings (SSSR count). The predicted octanol–water partition coefficient (Wildman–Crippen LogP) is 11.7. The second kappa shape index (κ2) is 9.54. The number of pyridine rings is 1. The summed E-state index contributed by atoms with van der Waals surface area (Å²) >= 11 is 0. The van der Waals surface area contributed by atoms with Crippen LogP contribution >= 0.6 is 0 Å². The van der Waals surface area contributed by atoms with Gasteiger partial charge in [0, 0.05) is 55.3 Å². The van der Waals surface area contributed by atoms with Gasteiger partial charge in [0.05, 0.1) is 33.4 Å². The minimum absolute atomic E-state index is 1.07. The molecule has 1 aliphatic carbocycles. The lowest BCUT2D eigenvalue weighted by molar-refractivity contribution is 1.18. The van der Waals surface area contributed by atoms with Crippen molar-refractivity contribution in [3.8, 4) is 44.9 Å². The topological polar surface area (TPSA) is 22.8 Å². The first-order valence-corrected chi connectivity index (χ1v) is 16.5. The Bertz CT molecular complexity index is 2910. The first-order chi connectivity index (χ1) is 23.8. The molecule has 3 heterocycles. The highest BCUT2D eigenvalue weighted by Crippen LogP contribution is 2.48. The second-order valence-corrected chi connectivity index (χ2v) is 12.8. The number of rotatable bonds is 3. The molecule has 10 aromatic rings. The van der Waals surface area contributed by atoms with E-state index < -0.39 is 0 Å². The first kappa shape index (κ1) is 25.7. The van der Waals surface area contributed by atoms with Gasteiger partial charge in [-0.05, 0) is 71.3 Å². The highest BCUT2D eigenvalue weighted by molar-refractivity contribution is 6.18. The summed E-state index contributed by atoms with van der Waals surface area (Å²) in [6.07, 6.45) is 1.90. The zero-order chi connectivity index (χ0) is 31.3. The van der Waals surface area contributed by atoms with Gasteiger partial charge in [-0.25, -0.2) is 0 Å². The molecular weight excluding hydrogens is 583 g/mol. The zero-order valence-corrected chi connectivity index (χ0v) is 25.9. The third-order valence-electron chi connectivity index (χ3n) is 10.3. The van der Waals surface area contributed by atoms with Gasteiger partial charge in [-0.3, -0.25) is 4.98 Å². The molecule has 0 N–H and O–H groups in total. The standard InChI is InChI=1S/C45H27N3/c1-2-10-30(11-3-1)47-39-17-6-5-13-32(39)38-26-28(20-23-42(38)47)29-19-21-33-31-12-4-7-18-40(31)48(43(33)27-29)41-24-22-34-35-16-9-25-46-45(35)37-15-8-14-36(41)44(34)37/h1-27H. The maximum Gasteiger partial charge on any atom is 0.0786 e. The predicted molar refractivity (Wildman–Crippen MR) is 200 cm³/mol. The van der Waals surface area contributed by atoms with Crippen LogP contribution in [0.15, 0.2) is 164 Å². The number of para-hydroxylation sites is 3. The van der Waals surface area contributed by atoms with Crippen molar-refractivity contribution in [2.75, 3.05) is 0 Å². The number of hydrogen-bond donors (Lipinski definition) is 0. The molecule has 48 heavy (non-hydrogen) atoms. The summed E-state index contributed by atoms with van der Waals surface area (Å²) in [5.74, 6) is 0. The quantitative estimate of drug-likeness (QED) is 0.195. The molecule has 0 unspecified atom stereocenters. The molecule has 0 fully saturated rings. The van der Waals surface area contributed by atoms with Crippen LogP contribution in [-0.4, -0.2) is 14.1 Å². The van der Waals surface area contributed by atoms with Crippen LogP contribution in [0.3, 0.4) is 0 Å². The fourth-order valence-corrected chi connectivity index (χ4v) is 8.26. The Kier molecular flexibility index (Phi) is 5.11. The Balaban J connectivity index is 1.16. The molecule has 0 radical (unpaired) electrons. The maximum atomic E-state index is 4.79. The van der Waals surface area contributed by atoms with Crippen LogP contribution in [0.25, 0.3) is 99.3 Å². The van der Waals surface area contributed by atoms with Gasteiger partial charge in [-0.15, -0.1) is 0 Å². The third kappa shape index (κ3) is 3.40. The Morgan fingerprint density at radius 3 is 1.92 bits per heavy atom. The SMILES string of the molecule is c1ccc(-n2c3ccccc3c3cc(-c4ccc5c6ccccc6n(-c6ccc7c8c(cccc68)-c6ncccc6-7)c5c4)ccc32)cc1. The summed E-state index contributed by atoms with van der Waals surface area (Å²) < 4.78 is 4.84. The summed E-state index contributed by atoms with van der Waals surface area (Å²) in [5, 5.41) is 7.56. The van der Waals surface area contributed by atoms with Gasteiger partial charge in [-0.1, -0.05) is 103 Å². The monoisotopic (exact) mass is 609 g/mol. The lowest BCUT2D eigenvalue weighted by atomic mass is 10.0. The van der Waals surface area contributed by atoms with Gasteiger partial charge < -0.3 is 9.13 Å². The van der Waals surface area contributed by atoms with Crippen LogP contribution in [0.5, 0.6) is 0 Å². The van der Waals surface area contributed by atoms with Crippen molar-refractivity contribution in [1.29, 1.82) is 0 Å². The van der Waals surface area contributed by atoms with Gasteiger partial charge in [0.25, 0.3) is 0 Å². The minimum atomic E-state index is 1.07. The average molecular weight is 610 g/mol. The van der Waals surface area contributed by atoms with Crippen molar-refractivity contribution in [1.82, 2.24) is 14.1 Å². The lowest BCUT2D eigenvalue weighted by Gasteiger charge is -2.14. The van der Waals surface area contributed by atoms with Gasteiger partial charge in [0.15, 0.2) is 0 Å². The van der Waals surface area contributed by atoms with Crippen molar-refractivity contribution in [3.05, 3.63) is 164 Å². The van der Waals surface area contributed by atoms with Crippen molar-refractivity contribution in [2.24, 2.45) is 0 Å². The summed E-state index contributed by atoms with van der Waals surface area (Å²) in [4.78, 5) is 4.79. The van der Waals surface area contributed by atoms with E-state index in [4.69, 9.17) is 4.98 Å². The van der Waals surface area contributed by atoms with Crippen LogP contribution in [-0.2, 0) is 0 Å². The van der Waals surface area contributed by atoms with E-state index in [1.807, 2.05) is 12.3 Å². The smallest absolute Gasteiger partial charge is 0.0786 e. The van der Waals surface area contributed by atoms with E-state index >= 15 is 0 Å². The van der Waals surface area contributed by atoms with E-state index in [-0.39, 0.29) is 0 Å². The van der Waals surface area contributed by atoms with Crippen LogP contribution in [0.1, 0.15) is 0 Å². The maximum absolute atomic E-state index is 4.79. The lowest BCUT2D eigenvalue weighted by Crippen LogP contribution is -1.96. The van der Waals surface area contributed by atoms with E-state index in [1.54, 1.807) is 0 Å². The van der Waals surface area contributed by atoms with Gasteiger partial charge in [0.2, 0.25) is 0 Å². The normalized spacial score (nSPS) is 12.2. The average Bonchev–Trinajstić information content (AvgIpc) is 3.78. The highest BCUT2D eigenvalue weighted by atomic mass is 15.0. The minimum Gasteiger partial charge on any atom is -0.309 e. The number of aromatic nitrogens is 3. The molecule has 0 saturated heterocycles. The van der Waals surface area contributed by atoms with E-state index in [9.17, 15) is 0 Å². The van der Waals surface area contributed by atoms with Crippen LogP contribution in [0.2, 0.25) is 0 Å². The molecule has 0 atom stereocenters. The number of fused-ring (bicyclic) bond motifs is 9. The molecule has 3 aromatic heterocycles. The molecule has 1 aliphatic rings. The summed E-state index contributed by atoms with van der Waals surface area (Å²) in [5.41, 5.74) is 14.4. The van der Waals surface area contributed by atoms with Crippen molar-refractivity contribution >= 4 is 54.4 Å². The fraction of sp³-hybridized carbons (Fsp3) is 0. The van der Waals surface area contributed by atoms with E-state index in [1.165, 1.54) is 93.6 Å². The fourth-order valence-electron chi connectivity index (χ4n) is 8.26. The van der Waals surface area contributed by atoms with Gasteiger partial charge in [-0.2, -0.15) is 0 Å². The van der Waals surface area contributed by atoms with E-state index in [2.05, 4.69) is 161 Å². The highest BCUT2D eigenvalue weighted by Gasteiger charge is 2.25. The largest absolute Gasteiger partial charge is 0.309 e. The van der Waals surface area contributed by atoms with E-state index in [0.29, 0.717) is 0 Å². The van der Waals surface area contributed by atoms with Crippen molar-refractivity contribution in [2.45, 2.75) is 0 Å². The number of benzene rings is 7. The molecule has 0 amide bonds. The molecule has 0 bridgehead atoms. The van der Waals surface area contributed by atoms with Crippen LogP contribution in [0.4, 0.5) is 0 Å². The van der Waals surface area contributed by atoms with Crippen LogP contribution < -0.4 is 0 Å². The molecule has 3 nitrogen and oxygen atoms in total. The Morgan fingerprint density at radius 1 is 0.375 bits per heavy atom. The van der Waals surface area contributed by atoms with Crippen LogP contribution in [0, 0.1) is 0 Å². The molecule has 3 heteroatoms. The Morgan fingerprint density at radius 2 is 1.04 bits per heavy atom. The summed E-state index contributed by atoms with van der Waals surface area (Å²) in [6.45, 7) is 0. The molecular formula is C45H27N3. The first-order valence-electron chi connectivity index (χ1n) is 16.5. The zero-order valence-electron chi connectivity index (χ0n) is 25.9. The van der Waals surface area contributed by atoms with Crippen molar-refractivity contribution < 1.29 is 0 Å². The van der Waals surface area contributed by atoms with Gasteiger partial charge >= 0.3 is 0 Å². The molecule has 0 spiro atoms. The molecule has 0 saturated carbocycles.